The lowest BCUT2D eigenvalue weighted by molar-refractivity contribution is -0.117. The first-order valence-corrected chi connectivity index (χ1v) is 11.4. The summed E-state index contributed by atoms with van der Waals surface area (Å²) in [5.41, 5.74) is 2.68. The van der Waals surface area contributed by atoms with E-state index >= 15 is 0 Å². The summed E-state index contributed by atoms with van der Waals surface area (Å²) in [6.07, 6.45) is 6.29. The summed E-state index contributed by atoms with van der Waals surface area (Å²) in [4.78, 5) is 19.7. The van der Waals surface area contributed by atoms with Gasteiger partial charge in [0.15, 0.2) is 0 Å². The van der Waals surface area contributed by atoms with Crippen LogP contribution in [0.3, 0.4) is 0 Å². The van der Waals surface area contributed by atoms with Gasteiger partial charge in [-0.1, -0.05) is 18.0 Å². The van der Waals surface area contributed by atoms with Gasteiger partial charge < -0.3 is 15.0 Å². The van der Waals surface area contributed by atoms with Crippen LogP contribution in [0.25, 0.3) is 22.2 Å². The van der Waals surface area contributed by atoms with Crippen molar-refractivity contribution in [1.82, 2.24) is 9.97 Å². The van der Waals surface area contributed by atoms with Gasteiger partial charge >= 0.3 is 0 Å². The first-order valence-electron chi connectivity index (χ1n) is 10.4. The number of rotatable bonds is 8. The van der Waals surface area contributed by atoms with Crippen molar-refractivity contribution < 1.29 is 9.18 Å². The fourth-order valence-corrected chi connectivity index (χ4v) is 4.75. The number of carbonyl (C=O) groups excluding carboxylic acids is 1. The van der Waals surface area contributed by atoms with Crippen LogP contribution in [-0.2, 0) is 4.79 Å². The number of H-pyrrole nitrogens is 1. The van der Waals surface area contributed by atoms with E-state index in [4.69, 9.17) is 5.26 Å². The maximum absolute atomic E-state index is 14.8. The highest BCUT2D eigenvalue weighted by molar-refractivity contribution is 8.00. The van der Waals surface area contributed by atoms with E-state index in [0.29, 0.717) is 29.1 Å². The Kier molecular flexibility index (Phi) is 5.06. The van der Waals surface area contributed by atoms with Crippen molar-refractivity contribution in [2.45, 2.75) is 32.1 Å². The standard InChI is InChI=1S/C23H22FN5OS/c24-18-11-15(3-4-19(18)29-31-13-23(6-7-23)8-9-25)17-12-20(28-22(30)14-1-2-14)27-21-16(17)5-10-26-21/h3-5,10-12,14,29H,1-2,6-8,13H2,(H2,26,27,28,30). The van der Waals surface area contributed by atoms with Crippen molar-refractivity contribution in [3.63, 3.8) is 0 Å². The smallest absolute Gasteiger partial charge is 0.228 e. The number of nitriles is 1. The summed E-state index contributed by atoms with van der Waals surface area (Å²) in [6, 6.07) is 11.0. The van der Waals surface area contributed by atoms with Gasteiger partial charge in [-0.2, -0.15) is 5.26 Å². The molecule has 2 fully saturated rings. The lowest BCUT2D eigenvalue weighted by Gasteiger charge is -2.13. The molecule has 3 N–H and O–H groups in total. The minimum Gasteiger partial charge on any atom is -0.346 e. The summed E-state index contributed by atoms with van der Waals surface area (Å²) in [7, 11) is 0. The third-order valence-corrected chi connectivity index (χ3v) is 7.10. The van der Waals surface area contributed by atoms with E-state index in [2.05, 4.69) is 26.1 Å². The summed E-state index contributed by atoms with van der Waals surface area (Å²) in [6.45, 7) is 0. The molecule has 0 unspecified atom stereocenters. The zero-order chi connectivity index (χ0) is 21.4. The number of nitrogens with one attached hydrogen (secondary N) is 3. The number of fused-ring (bicyclic) bond motifs is 1. The molecule has 0 atom stereocenters. The van der Waals surface area contributed by atoms with E-state index in [1.807, 2.05) is 12.1 Å². The van der Waals surface area contributed by atoms with Crippen molar-refractivity contribution >= 4 is 40.4 Å². The molecule has 1 aromatic carbocycles. The van der Waals surface area contributed by atoms with Crippen LogP contribution in [0.1, 0.15) is 32.1 Å². The van der Waals surface area contributed by atoms with E-state index in [1.54, 1.807) is 18.3 Å². The fraction of sp³-hybridized carbons (Fsp3) is 0.348. The van der Waals surface area contributed by atoms with Crippen molar-refractivity contribution in [2.75, 3.05) is 15.8 Å². The van der Waals surface area contributed by atoms with Crippen LogP contribution in [0, 0.1) is 28.5 Å². The molecule has 3 aromatic rings. The average Bonchev–Trinajstić information content (AvgIpc) is 3.68. The Hall–Kier alpha value is -3.05. The first kappa shape index (κ1) is 19.9. The molecule has 8 heteroatoms. The van der Waals surface area contributed by atoms with Gasteiger partial charge in [0, 0.05) is 29.7 Å². The van der Waals surface area contributed by atoms with Crippen molar-refractivity contribution in [2.24, 2.45) is 11.3 Å². The van der Waals surface area contributed by atoms with Gasteiger partial charge in [-0.15, -0.1) is 0 Å². The number of halogens is 1. The Morgan fingerprint density at radius 2 is 2.16 bits per heavy atom. The number of anilines is 2. The van der Waals surface area contributed by atoms with Crippen molar-refractivity contribution in [1.29, 1.82) is 5.26 Å². The summed E-state index contributed by atoms with van der Waals surface area (Å²) in [5, 5.41) is 12.7. The van der Waals surface area contributed by atoms with Crippen molar-refractivity contribution in [3.8, 4) is 17.2 Å². The Labute approximate surface area is 183 Å². The van der Waals surface area contributed by atoms with Crippen LogP contribution in [-0.4, -0.2) is 21.6 Å². The lowest BCUT2D eigenvalue weighted by Crippen LogP contribution is -2.14. The summed E-state index contributed by atoms with van der Waals surface area (Å²) in [5.74, 6) is 0.969. The number of pyridine rings is 1. The third-order valence-electron chi connectivity index (χ3n) is 5.98. The number of aromatic amines is 1. The van der Waals surface area contributed by atoms with Gasteiger partial charge in [-0.3, -0.25) is 4.79 Å². The minimum absolute atomic E-state index is 0.0167. The second kappa shape index (κ2) is 7.89. The molecule has 0 aliphatic heterocycles. The molecule has 0 radical (unpaired) electrons. The fourth-order valence-electron chi connectivity index (χ4n) is 3.66. The molecular formula is C23H22FN5OS. The zero-order valence-electron chi connectivity index (χ0n) is 16.9. The second-order valence-electron chi connectivity index (χ2n) is 8.48. The van der Waals surface area contributed by atoms with E-state index in [9.17, 15) is 9.18 Å². The molecule has 158 valence electrons. The molecule has 0 spiro atoms. The van der Waals surface area contributed by atoms with Gasteiger partial charge in [-0.25, -0.2) is 9.37 Å². The van der Waals surface area contributed by atoms with Gasteiger partial charge in [0.05, 0.1) is 11.8 Å². The van der Waals surface area contributed by atoms with Crippen molar-refractivity contribution in [3.05, 3.63) is 42.3 Å². The monoisotopic (exact) mass is 435 g/mol. The van der Waals surface area contributed by atoms with Crippen LogP contribution >= 0.6 is 11.9 Å². The van der Waals surface area contributed by atoms with Gasteiger partial charge in [0.1, 0.15) is 17.3 Å². The quantitative estimate of drug-likeness (QED) is 0.408. The summed E-state index contributed by atoms with van der Waals surface area (Å²) >= 11 is 1.45. The van der Waals surface area contributed by atoms with E-state index < -0.39 is 0 Å². The van der Waals surface area contributed by atoms with Gasteiger partial charge in [-0.05, 0) is 66.5 Å². The highest BCUT2D eigenvalue weighted by Gasteiger charge is 2.42. The number of nitrogens with zero attached hydrogens (tertiary/aromatic N) is 2. The summed E-state index contributed by atoms with van der Waals surface area (Å²) < 4.78 is 17.9. The number of amides is 1. The Morgan fingerprint density at radius 1 is 1.32 bits per heavy atom. The van der Waals surface area contributed by atoms with E-state index in [0.717, 1.165) is 42.4 Å². The molecule has 2 aliphatic carbocycles. The van der Waals surface area contributed by atoms with Crippen LogP contribution in [0.2, 0.25) is 0 Å². The van der Waals surface area contributed by atoms with Gasteiger partial charge in [0.25, 0.3) is 0 Å². The molecule has 2 heterocycles. The number of hydrogen-bond donors (Lipinski definition) is 3. The molecule has 31 heavy (non-hydrogen) atoms. The average molecular weight is 436 g/mol. The van der Waals surface area contributed by atoms with E-state index in [1.165, 1.54) is 18.0 Å². The van der Waals surface area contributed by atoms with Crippen LogP contribution in [0.4, 0.5) is 15.9 Å². The van der Waals surface area contributed by atoms with E-state index in [-0.39, 0.29) is 23.1 Å². The first-order chi connectivity index (χ1) is 15.1. The van der Waals surface area contributed by atoms with Crippen LogP contribution in [0.15, 0.2) is 36.5 Å². The molecule has 6 nitrogen and oxygen atoms in total. The third kappa shape index (κ3) is 4.23. The lowest BCUT2D eigenvalue weighted by atomic mass is 10.0. The molecule has 2 aromatic heterocycles. The molecule has 2 aliphatic rings. The maximum atomic E-state index is 14.8. The SMILES string of the molecule is N#CCC1(CSNc2ccc(-c3cc(NC(=O)C4CC4)nc4[nH]ccc34)cc2F)CC1. The number of benzene rings is 1. The number of carbonyl (C=O) groups is 1. The highest BCUT2D eigenvalue weighted by Crippen LogP contribution is 2.50. The Balaban J connectivity index is 1.36. The number of aromatic nitrogens is 2. The molecule has 0 bridgehead atoms. The Morgan fingerprint density at radius 3 is 2.87 bits per heavy atom. The normalized spacial score (nSPS) is 16.6. The highest BCUT2D eigenvalue weighted by atomic mass is 32.2. The minimum atomic E-state index is -0.348. The molecular weight excluding hydrogens is 413 g/mol. The molecule has 1 amide bonds. The predicted molar refractivity (Wildman–Crippen MR) is 121 cm³/mol. The number of hydrogen-bond acceptors (Lipinski definition) is 5. The largest absolute Gasteiger partial charge is 0.346 e. The van der Waals surface area contributed by atoms with Gasteiger partial charge in [0.2, 0.25) is 5.91 Å². The predicted octanol–water partition coefficient (Wildman–Crippen LogP) is 5.47. The second-order valence-corrected chi connectivity index (χ2v) is 9.26. The zero-order valence-corrected chi connectivity index (χ0v) is 17.7. The molecule has 0 saturated heterocycles. The maximum Gasteiger partial charge on any atom is 0.228 e. The molecule has 2 saturated carbocycles. The van der Waals surface area contributed by atoms with Crippen LogP contribution in [0.5, 0.6) is 0 Å². The van der Waals surface area contributed by atoms with Crippen LogP contribution < -0.4 is 10.0 Å². The Bertz CT molecular complexity index is 1190. The topological polar surface area (TPSA) is 93.6 Å². The molecule has 5 rings (SSSR count).